The van der Waals surface area contributed by atoms with Crippen molar-refractivity contribution in [1.82, 2.24) is 9.80 Å². The average Bonchev–Trinajstić information content (AvgIpc) is 2.47. The number of methoxy groups -OCH3 is 1. The largest absolute Gasteiger partial charge is 0.468 e. The maximum absolute atomic E-state index is 9.99. The lowest BCUT2D eigenvalue weighted by Crippen LogP contribution is -2.24. The number of carbonyl (C=O) groups excluding carboxylic acids is 1. The van der Waals surface area contributed by atoms with Crippen molar-refractivity contribution in [3.63, 3.8) is 0 Å². The van der Waals surface area contributed by atoms with Crippen molar-refractivity contribution >= 4 is 28.1 Å². The number of ether oxygens (including phenoxy) is 2. The van der Waals surface area contributed by atoms with Crippen molar-refractivity contribution in [1.29, 1.82) is 0 Å². The molecule has 5 nitrogen and oxygen atoms in total. The van der Waals surface area contributed by atoms with E-state index < -0.39 is 0 Å². The highest BCUT2D eigenvalue weighted by molar-refractivity contribution is 8.76. The molecule has 0 saturated carbocycles. The van der Waals surface area contributed by atoms with E-state index in [1.165, 1.54) is 0 Å². The Balaban J connectivity index is 3.25. The number of hydrogen-bond donors (Lipinski definition) is 0. The Morgan fingerprint density at radius 2 is 1.43 bits per heavy atom. The van der Waals surface area contributed by atoms with E-state index in [9.17, 15) is 4.79 Å². The van der Waals surface area contributed by atoms with E-state index in [0.717, 1.165) is 57.1 Å². The van der Waals surface area contributed by atoms with Gasteiger partial charge in [0.1, 0.15) is 0 Å². The molecule has 0 heterocycles. The highest BCUT2D eigenvalue weighted by Crippen LogP contribution is 2.20. The maximum atomic E-state index is 9.99. The van der Waals surface area contributed by atoms with Crippen LogP contribution in [0, 0.1) is 0 Å². The molecular weight excluding hydrogens is 308 g/mol. The van der Waals surface area contributed by atoms with Crippen molar-refractivity contribution in [2.45, 2.75) is 12.8 Å². The highest BCUT2D eigenvalue weighted by Gasteiger charge is 2.01. The van der Waals surface area contributed by atoms with Gasteiger partial charge in [-0.25, -0.2) is 0 Å². The number of hydrogen-bond acceptors (Lipinski definition) is 7. The van der Waals surface area contributed by atoms with Crippen LogP contribution in [0.15, 0.2) is 0 Å². The number of carbonyl (C=O) groups is 1. The van der Waals surface area contributed by atoms with E-state index >= 15 is 0 Å². The van der Waals surface area contributed by atoms with Crippen molar-refractivity contribution in [2.75, 3.05) is 72.1 Å². The monoisotopic (exact) mass is 338 g/mol. The second kappa shape index (κ2) is 16.4. The first-order valence-corrected chi connectivity index (χ1v) is 9.85. The van der Waals surface area contributed by atoms with Gasteiger partial charge >= 0.3 is 0 Å². The summed E-state index contributed by atoms with van der Waals surface area (Å²) in [7, 11) is 9.89. The van der Waals surface area contributed by atoms with E-state index in [-0.39, 0.29) is 0 Å². The van der Waals surface area contributed by atoms with Crippen LogP contribution in [0.25, 0.3) is 0 Å². The second-order valence-electron chi connectivity index (χ2n) is 4.92. The molecule has 0 spiro atoms. The van der Waals surface area contributed by atoms with Crippen molar-refractivity contribution in [3.05, 3.63) is 0 Å². The summed E-state index contributed by atoms with van der Waals surface area (Å²) in [5.41, 5.74) is 0. The molecule has 0 amide bonds. The summed E-state index contributed by atoms with van der Waals surface area (Å²) in [4.78, 5) is 14.6. The van der Waals surface area contributed by atoms with E-state index in [1.54, 1.807) is 7.11 Å². The zero-order valence-electron chi connectivity index (χ0n) is 13.6. The van der Waals surface area contributed by atoms with Gasteiger partial charge in [0.05, 0.1) is 6.61 Å². The normalized spacial score (nSPS) is 11.3. The second-order valence-corrected chi connectivity index (χ2v) is 7.62. The maximum Gasteiger partial charge on any atom is 0.293 e. The summed E-state index contributed by atoms with van der Waals surface area (Å²) in [5.74, 6) is 2.29. The smallest absolute Gasteiger partial charge is 0.293 e. The van der Waals surface area contributed by atoms with Crippen LogP contribution in [-0.4, -0.2) is 88.4 Å². The molecule has 0 unspecified atom stereocenters. The van der Waals surface area contributed by atoms with Gasteiger partial charge in [-0.2, -0.15) is 0 Å². The molecule has 126 valence electrons. The lowest BCUT2D eigenvalue weighted by molar-refractivity contribution is -0.128. The van der Waals surface area contributed by atoms with Crippen LogP contribution in [0.1, 0.15) is 12.8 Å². The van der Waals surface area contributed by atoms with Gasteiger partial charge in [-0.3, -0.25) is 4.79 Å². The van der Waals surface area contributed by atoms with Gasteiger partial charge < -0.3 is 19.3 Å². The molecule has 7 heteroatoms. The molecule has 0 aliphatic rings. The fraction of sp³-hybridized carbons (Fsp3) is 0.929. The molecule has 0 rings (SSSR count). The molecule has 0 aliphatic heterocycles. The Kier molecular flexibility index (Phi) is 16.5. The van der Waals surface area contributed by atoms with E-state index in [0.29, 0.717) is 13.1 Å². The van der Waals surface area contributed by atoms with Crippen LogP contribution >= 0.6 is 21.6 Å². The molecule has 0 saturated heterocycles. The first-order valence-electron chi connectivity index (χ1n) is 7.36. The van der Waals surface area contributed by atoms with Crippen LogP contribution in [0.4, 0.5) is 0 Å². The minimum atomic E-state index is 0.513. The predicted octanol–water partition coefficient (Wildman–Crippen LogP) is 1.83. The molecule has 0 aromatic heterocycles. The van der Waals surface area contributed by atoms with Crippen molar-refractivity contribution < 1.29 is 14.3 Å². The zero-order valence-corrected chi connectivity index (χ0v) is 15.2. The molecule has 0 aromatic carbocycles. The highest BCUT2D eigenvalue weighted by atomic mass is 33.1. The first kappa shape index (κ1) is 21.0. The molecule has 0 N–H and O–H groups in total. The minimum absolute atomic E-state index is 0.513. The Bertz CT molecular complexity index is 236. The topological polar surface area (TPSA) is 42.0 Å². The van der Waals surface area contributed by atoms with Gasteiger partial charge in [0.25, 0.3) is 6.47 Å². The van der Waals surface area contributed by atoms with Gasteiger partial charge in [-0.1, -0.05) is 21.6 Å². The van der Waals surface area contributed by atoms with Crippen molar-refractivity contribution in [3.8, 4) is 0 Å². The van der Waals surface area contributed by atoms with Gasteiger partial charge in [-0.05, 0) is 26.9 Å². The van der Waals surface area contributed by atoms with E-state index in [4.69, 9.17) is 4.74 Å². The Hall–Kier alpha value is 0.0500. The van der Waals surface area contributed by atoms with Crippen LogP contribution in [-0.2, 0) is 14.3 Å². The molecule has 0 fully saturated rings. The Morgan fingerprint density at radius 1 is 0.905 bits per heavy atom. The molecule has 0 atom stereocenters. The summed E-state index contributed by atoms with van der Waals surface area (Å²) in [6, 6.07) is 0. The molecule has 21 heavy (non-hydrogen) atoms. The number of nitrogens with zero attached hydrogens (tertiary/aromatic N) is 2. The number of rotatable bonds is 16. The van der Waals surface area contributed by atoms with Crippen LogP contribution < -0.4 is 0 Å². The van der Waals surface area contributed by atoms with Crippen molar-refractivity contribution in [2.24, 2.45) is 0 Å². The third-order valence-electron chi connectivity index (χ3n) is 2.95. The Labute approximate surface area is 137 Å². The average molecular weight is 339 g/mol. The minimum Gasteiger partial charge on any atom is -0.468 e. The SMILES string of the molecule is COCCCN(C)CCSSCCN(C)CCCOC=O. The predicted molar refractivity (Wildman–Crippen MR) is 93.0 cm³/mol. The van der Waals surface area contributed by atoms with E-state index in [2.05, 4.69) is 28.6 Å². The van der Waals surface area contributed by atoms with Crippen LogP contribution in [0.2, 0.25) is 0 Å². The lowest BCUT2D eigenvalue weighted by atomic mass is 10.4. The van der Waals surface area contributed by atoms with Crippen LogP contribution in [0.5, 0.6) is 0 Å². The van der Waals surface area contributed by atoms with Gasteiger partial charge in [0, 0.05) is 51.4 Å². The lowest BCUT2D eigenvalue weighted by Gasteiger charge is -2.17. The fourth-order valence-corrected chi connectivity index (χ4v) is 3.83. The standard InChI is InChI=1S/C14H30N2O3S2/c1-15(6-4-10-18-3)8-12-20-21-13-9-16(2)7-5-11-19-14-17/h14H,4-13H2,1-3H3. The molecule has 0 radical (unpaired) electrons. The summed E-state index contributed by atoms with van der Waals surface area (Å²) in [5, 5.41) is 0. The summed E-state index contributed by atoms with van der Waals surface area (Å²) in [6.45, 7) is 6.15. The molecule has 0 bridgehead atoms. The summed E-state index contributed by atoms with van der Waals surface area (Å²) in [6.07, 6.45) is 2.00. The van der Waals surface area contributed by atoms with Gasteiger partial charge in [-0.15, -0.1) is 0 Å². The van der Waals surface area contributed by atoms with Crippen LogP contribution in [0.3, 0.4) is 0 Å². The zero-order chi connectivity index (χ0) is 15.8. The summed E-state index contributed by atoms with van der Waals surface area (Å²) < 4.78 is 9.72. The summed E-state index contributed by atoms with van der Waals surface area (Å²) >= 11 is 0. The Morgan fingerprint density at radius 3 is 1.90 bits per heavy atom. The molecule has 0 aromatic rings. The fourth-order valence-electron chi connectivity index (χ4n) is 1.67. The molecule has 0 aliphatic carbocycles. The quantitative estimate of drug-likeness (QED) is 0.242. The van der Waals surface area contributed by atoms with Gasteiger partial charge in [0.15, 0.2) is 0 Å². The van der Waals surface area contributed by atoms with Gasteiger partial charge in [0.2, 0.25) is 0 Å². The third-order valence-corrected chi connectivity index (χ3v) is 5.32. The van der Waals surface area contributed by atoms with E-state index in [1.807, 2.05) is 21.6 Å². The first-order chi connectivity index (χ1) is 10.2. The molecular formula is C14H30N2O3S2. The third kappa shape index (κ3) is 16.2.